The van der Waals surface area contributed by atoms with Crippen LogP contribution in [0.25, 0.3) is 10.2 Å². The Hall–Kier alpha value is -1.60. The van der Waals surface area contributed by atoms with Gasteiger partial charge in [-0.3, -0.25) is 9.69 Å². The van der Waals surface area contributed by atoms with Crippen LogP contribution in [0.5, 0.6) is 0 Å². The first-order valence-electron chi connectivity index (χ1n) is 9.55. The molecule has 0 aliphatic carbocycles. The lowest BCUT2D eigenvalue weighted by Crippen LogP contribution is -2.36. The Morgan fingerprint density at radius 1 is 1.10 bits per heavy atom. The second kappa shape index (κ2) is 9.94. The molecule has 0 radical (unpaired) electrons. The van der Waals surface area contributed by atoms with Gasteiger partial charge in [-0.25, -0.2) is 4.98 Å². The van der Waals surface area contributed by atoms with Crippen LogP contribution in [0.2, 0.25) is 5.02 Å². The summed E-state index contributed by atoms with van der Waals surface area (Å²) in [5.41, 5.74) is 3.20. The highest BCUT2D eigenvalue weighted by Crippen LogP contribution is 2.36. The normalized spacial score (nSPS) is 11.4. The van der Waals surface area contributed by atoms with Gasteiger partial charge in [-0.2, -0.15) is 0 Å². The maximum atomic E-state index is 13.1. The summed E-state index contributed by atoms with van der Waals surface area (Å²) in [6.07, 6.45) is 0.467. The van der Waals surface area contributed by atoms with Crippen LogP contribution in [0.3, 0.4) is 0 Å². The number of amides is 1. The van der Waals surface area contributed by atoms with Gasteiger partial charge in [-0.1, -0.05) is 46.7 Å². The number of aryl methyl sites for hydroxylation is 2. The van der Waals surface area contributed by atoms with E-state index in [0.29, 0.717) is 18.0 Å². The third-order valence-electron chi connectivity index (χ3n) is 4.59. The van der Waals surface area contributed by atoms with Gasteiger partial charge < -0.3 is 4.90 Å². The smallest absolute Gasteiger partial charge is 0.229 e. The number of carbonyl (C=O) groups excluding carboxylic acids is 1. The van der Waals surface area contributed by atoms with Crippen LogP contribution < -0.4 is 4.90 Å². The van der Waals surface area contributed by atoms with Gasteiger partial charge >= 0.3 is 0 Å². The minimum atomic E-state index is 0.0966. The quantitative estimate of drug-likeness (QED) is 0.418. The molecule has 0 unspecified atom stereocenters. The van der Waals surface area contributed by atoms with Crippen LogP contribution in [-0.2, 0) is 4.79 Å². The van der Waals surface area contributed by atoms with Gasteiger partial charge in [0, 0.05) is 30.2 Å². The zero-order chi connectivity index (χ0) is 21.0. The zero-order valence-electron chi connectivity index (χ0n) is 17.2. The largest absolute Gasteiger partial charge is 0.308 e. The van der Waals surface area contributed by atoms with Crippen molar-refractivity contribution in [1.82, 2.24) is 9.88 Å². The molecule has 0 atom stereocenters. The number of halogens is 1. The van der Waals surface area contributed by atoms with E-state index in [1.54, 1.807) is 11.8 Å². The molecule has 4 nitrogen and oxygen atoms in total. The van der Waals surface area contributed by atoms with Gasteiger partial charge in [0.2, 0.25) is 5.91 Å². The van der Waals surface area contributed by atoms with Crippen molar-refractivity contribution in [3.8, 4) is 0 Å². The van der Waals surface area contributed by atoms with E-state index >= 15 is 0 Å². The molecule has 0 N–H and O–H groups in total. The van der Waals surface area contributed by atoms with E-state index in [4.69, 9.17) is 16.6 Å². The number of nitrogens with zero attached hydrogens (tertiary/aromatic N) is 3. The van der Waals surface area contributed by atoms with Crippen LogP contribution in [0.15, 0.2) is 41.3 Å². The number of aromatic nitrogens is 1. The third kappa shape index (κ3) is 5.72. The molecule has 0 fully saturated rings. The summed E-state index contributed by atoms with van der Waals surface area (Å²) in [7, 11) is 4.02. The van der Waals surface area contributed by atoms with Crippen molar-refractivity contribution in [2.45, 2.75) is 25.2 Å². The lowest BCUT2D eigenvalue weighted by molar-refractivity contribution is -0.118. The average Bonchev–Trinajstić information content (AvgIpc) is 3.13. The van der Waals surface area contributed by atoms with E-state index in [9.17, 15) is 4.79 Å². The summed E-state index contributed by atoms with van der Waals surface area (Å²) in [6, 6.07) is 12.3. The van der Waals surface area contributed by atoms with Crippen LogP contribution >= 0.6 is 34.7 Å². The van der Waals surface area contributed by atoms with Gasteiger partial charge in [-0.05, 0) is 51.7 Å². The molecule has 0 saturated carbocycles. The van der Waals surface area contributed by atoms with Crippen molar-refractivity contribution in [3.63, 3.8) is 0 Å². The van der Waals surface area contributed by atoms with Crippen molar-refractivity contribution < 1.29 is 4.79 Å². The molecule has 7 heteroatoms. The van der Waals surface area contributed by atoms with E-state index < -0.39 is 0 Å². The zero-order valence-corrected chi connectivity index (χ0v) is 19.6. The summed E-state index contributed by atoms with van der Waals surface area (Å²) >= 11 is 9.57. The van der Waals surface area contributed by atoms with Gasteiger partial charge in [0.1, 0.15) is 0 Å². The maximum Gasteiger partial charge on any atom is 0.229 e. The molecule has 0 aliphatic rings. The SMILES string of the molecule is Cc1ccc(SCCC(=O)N(CCN(C)C)c2nc3c(C)ccc(Cl)c3s2)cc1. The van der Waals surface area contributed by atoms with E-state index in [0.717, 1.165) is 33.2 Å². The minimum absolute atomic E-state index is 0.0966. The molecule has 29 heavy (non-hydrogen) atoms. The number of carbonyl (C=O) groups is 1. The van der Waals surface area contributed by atoms with Gasteiger partial charge in [0.05, 0.1) is 15.2 Å². The number of rotatable bonds is 8. The number of thioether (sulfide) groups is 1. The molecular formula is C22H26ClN3OS2. The van der Waals surface area contributed by atoms with Crippen LogP contribution in [0, 0.1) is 13.8 Å². The molecule has 0 bridgehead atoms. The highest BCUT2D eigenvalue weighted by Gasteiger charge is 2.21. The van der Waals surface area contributed by atoms with E-state index in [1.165, 1.54) is 21.8 Å². The Kier molecular flexibility index (Phi) is 7.57. The van der Waals surface area contributed by atoms with Crippen LogP contribution in [-0.4, -0.2) is 48.7 Å². The number of fused-ring (bicyclic) bond motifs is 1. The third-order valence-corrected chi connectivity index (χ3v) is 7.15. The molecule has 1 amide bonds. The summed E-state index contributed by atoms with van der Waals surface area (Å²) < 4.78 is 0.943. The first-order chi connectivity index (χ1) is 13.8. The Morgan fingerprint density at radius 2 is 1.83 bits per heavy atom. The second-order valence-electron chi connectivity index (χ2n) is 7.30. The molecule has 1 heterocycles. The first kappa shape index (κ1) is 22.1. The fraction of sp³-hybridized carbons (Fsp3) is 0.364. The molecule has 1 aromatic heterocycles. The fourth-order valence-corrected chi connectivity index (χ4v) is 5.06. The van der Waals surface area contributed by atoms with E-state index in [-0.39, 0.29) is 5.91 Å². The maximum absolute atomic E-state index is 13.1. The predicted molar refractivity (Wildman–Crippen MR) is 127 cm³/mol. The Bertz CT molecular complexity index is 947. The monoisotopic (exact) mass is 447 g/mol. The number of benzene rings is 2. The average molecular weight is 448 g/mol. The number of hydrogen-bond donors (Lipinski definition) is 0. The summed E-state index contributed by atoms with van der Waals surface area (Å²) in [5, 5.41) is 1.41. The van der Waals surface area contributed by atoms with Gasteiger partial charge in [0.25, 0.3) is 0 Å². The molecular weight excluding hydrogens is 422 g/mol. The fourth-order valence-electron chi connectivity index (χ4n) is 2.86. The number of anilines is 1. The topological polar surface area (TPSA) is 36.4 Å². The Balaban J connectivity index is 1.75. The molecule has 154 valence electrons. The van der Waals surface area contributed by atoms with E-state index in [2.05, 4.69) is 36.1 Å². The number of likely N-dealkylation sites (N-methyl/N-ethyl adjacent to an activating group) is 1. The lowest BCUT2D eigenvalue weighted by Gasteiger charge is -2.22. The lowest BCUT2D eigenvalue weighted by atomic mass is 10.2. The highest BCUT2D eigenvalue weighted by atomic mass is 35.5. The van der Waals surface area contributed by atoms with Crippen LogP contribution in [0.1, 0.15) is 17.5 Å². The van der Waals surface area contributed by atoms with Crippen molar-refractivity contribution in [1.29, 1.82) is 0 Å². The molecule has 0 aliphatic heterocycles. The number of hydrogen-bond acceptors (Lipinski definition) is 5. The summed E-state index contributed by atoms with van der Waals surface area (Å²) in [4.78, 5) is 22.9. The van der Waals surface area contributed by atoms with Crippen molar-refractivity contribution in [2.75, 3.05) is 37.8 Å². The standard InChI is InChI=1S/C22H26ClN3OS2/c1-15-5-8-17(9-6-15)28-14-11-19(27)26(13-12-25(3)4)22-24-20-16(2)7-10-18(23)21(20)29-22/h5-10H,11-14H2,1-4H3. The minimum Gasteiger partial charge on any atom is -0.308 e. The Morgan fingerprint density at radius 3 is 2.48 bits per heavy atom. The molecule has 0 spiro atoms. The first-order valence-corrected chi connectivity index (χ1v) is 11.7. The summed E-state index contributed by atoms with van der Waals surface area (Å²) in [6.45, 7) is 5.48. The van der Waals surface area contributed by atoms with Crippen molar-refractivity contribution in [2.24, 2.45) is 0 Å². The van der Waals surface area contributed by atoms with Gasteiger partial charge in [0.15, 0.2) is 5.13 Å². The predicted octanol–water partition coefficient (Wildman–Crippen LogP) is 5.64. The second-order valence-corrected chi connectivity index (χ2v) is 9.85. The van der Waals surface area contributed by atoms with E-state index in [1.807, 2.05) is 38.1 Å². The molecule has 2 aromatic carbocycles. The number of thiazole rings is 1. The van der Waals surface area contributed by atoms with Gasteiger partial charge in [-0.15, -0.1) is 11.8 Å². The Labute approximate surface area is 185 Å². The molecule has 0 saturated heterocycles. The highest BCUT2D eigenvalue weighted by molar-refractivity contribution is 7.99. The molecule has 3 aromatic rings. The van der Waals surface area contributed by atoms with Crippen molar-refractivity contribution in [3.05, 3.63) is 52.5 Å². The van der Waals surface area contributed by atoms with Crippen LogP contribution in [0.4, 0.5) is 5.13 Å². The van der Waals surface area contributed by atoms with Crippen molar-refractivity contribution >= 4 is 56.0 Å². The summed E-state index contributed by atoms with van der Waals surface area (Å²) in [5.74, 6) is 0.838. The molecule has 3 rings (SSSR count).